The van der Waals surface area contributed by atoms with Crippen molar-refractivity contribution in [1.82, 2.24) is 0 Å². The minimum Gasteiger partial charge on any atom is -0.756 e. The van der Waals surface area contributed by atoms with Gasteiger partial charge >= 0.3 is 0 Å². The number of phosphoric ester groups is 2. The lowest BCUT2D eigenvalue weighted by atomic mass is 11.8. The normalized spacial score (nSPS) is 22.2. The van der Waals surface area contributed by atoms with E-state index in [2.05, 4.69) is 13.4 Å². The van der Waals surface area contributed by atoms with Gasteiger partial charge in [0.25, 0.3) is 15.6 Å². The van der Waals surface area contributed by atoms with Gasteiger partial charge in [0.05, 0.1) is 0 Å². The number of phosphoric acid groups is 2. The van der Waals surface area contributed by atoms with Crippen molar-refractivity contribution in [2.45, 2.75) is 0 Å². The van der Waals surface area contributed by atoms with Crippen LogP contribution in [-0.4, -0.2) is 14.2 Å². The lowest BCUT2D eigenvalue weighted by Crippen LogP contribution is -2.11. The second-order valence-electron chi connectivity index (χ2n) is 1.34. The molecule has 0 N–H and O–H groups in total. The van der Waals surface area contributed by atoms with E-state index in [-0.39, 0.29) is 0 Å². The summed E-state index contributed by atoms with van der Waals surface area (Å²) >= 11 is 0. The van der Waals surface area contributed by atoms with E-state index >= 15 is 0 Å². The fraction of sp³-hybridized carbons (Fsp3) is 1.00. The Morgan fingerprint density at radius 2 is 1.27 bits per heavy atom. The summed E-state index contributed by atoms with van der Waals surface area (Å²) in [6.45, 7) is 0. The lowest BCUT2D eigenvalue weighted by Gasteiger charge is -2.27. The van der Waals surface area contributed by atoms with E-state index in [1.54, 1.807) is 0 Å². The average molecular weight is 204 g/mol. The van der Waals surface area contributed by atoms with Gasteiger partial charge in [-0.3, -0.25) is 9.13 Å². The highest BCUT2D eigenvalue weighted by Crippen LogP contribution is 2.54. The molecule has 0 heterocycles. The molecule has 0 rings (SSSR count). The molecular weight excluding hydrogens is 198 g/mol. The summed E-state index contributed by atoms with van der Waals surface area (Å²) in [5.41, 5.74) is 0. The van der Waals surface area contributed by atoms with Gasteiger partial charge in [0.15, 0.2) is 0 Å². The van der Waals surface area contributed by atoms with Crippen molar-refractivity contribution in [3.63, 3.8) is 0 Å². The van der Waals surface area contributed by atoms with Crippen molar-refractivity contribution in [3.05, 3.63) is 0 Å². The molecule has 0 bridgehead atoms. The fourth-order valence-corrected chi connectivity index (χ4v) is 1.70. The Morgan fingerprint density at radius 3 is 1.45 bits per heavy atom. The van der Waals surface area contributed by atoms with Crippen LogP contribution in [0.5, 0.6) is 0 Å². The first-order chi connectivity index (χ1) is 4.83. The van der Waals surface area contributed by atoms with Gasteiger partial charge < -0.3 is 18.8 Å². The summed E-state index contributed by atoms with van der Waals surface area (Å²) < 4.78 is 31.5. The number of rotatable bonds is 4. The highest BCUT2D eigenvalue weighted by Gasteiger charge is 2.16. The standard InChI is InChI=1S/C2H8O7P2/c1-7-10(3,4)9-11(5,6)8-2/h1-2H3,(H,3,4)(H,5,6)/p-2. The van der Waals surface area contributed by atoms with Crippen LogP contribution in [0.2, 0.25) is 0 Å². The smallest absolute Gasteiger partial charge is 0.274 e. The molecule has 0 spiro atoms. The molecule has 0 radical (unpaired) electrons. The zero-order valence-corrected chi connectivity index (χ0v) is 7.54. The molecule has 2 unspecified atom stereocenters. The third-order valence-corrected chi connectivity index (χ3v) is 3.14. The van der Waals surface area contributed by atoms with E-state index < -0.39 is 15.6 Å². The fourth-order valence-electron chi connectivity index (χ4n) is 0.189. The Hall–Kier alpha value is 0.260. The summed E-state index contributed by atoms with van der Waals surface area (Å²) in [6.07, 6.45) is 0. The van der Waals surface area contributed by atoms with Crippen LogP contribution >= 0.6 is 15.6 Å². The minimum atomic E-state index is -4.76. The summed E-state index contributed by atoms with van der Waals surface area (Å²) in [5, 5.41) is 0. The van der Waals surface area contributed by atoms with Crippen molar-refractivity contribution < 1.29 is 32.3 Å². The predicted molar refractivity (Wildman–Crippen MR) is 30.3 cm³/mol. The van der Waals surface area contributed by atoms with Gasteiger partial charge in [-0.05, 0) is 0 Å². The molecule has 0 aromatic heterocycles. The number of hydrogen-bond acceptors (Lipinski definition) is 7. The largest absolute Gasteiger partial charge is 0.756 e. The van der Waals surface area contributed by atoms with Gasteiger partial charge in [-0.15, -0.1) is 0 Å². The molecule has 11 heavy (non-hydrogen) atoms. The third-order valence-electron chi connectivity index (χ3n) is 0.647. The van der Waals surface area contributed by atoms with Gasteiger partial charge in [-0.25, -0.2) is 4.31 Å². The molecule has 0 aliphatic carbocycles. The Labute approximate surface area is 63.1 Å². The molecule has 0 fully saturated rings. The van der Waals surface area contributed by atoms with Crippen molar-refractivity contribution in [2.24, 2.45) is 0 Å². The van der Waals surface area contributed by atoms with Crippen LogP contribution in [0.25, 0.3) is 0 Å². The van der Waals surface area contributed by atoms with Crippen LogP contribution in [0.3, 0.4) is 0 Å². The second-order valence-corrected chi connectivity index (χ2v) is 4.51. The summed E-state index contributed by atoms with van der Waals surface area (Å²) in [7, 11) is -7.99. The molecule has 0 saturated carbocycles. The van der Waals surface area contributed by atoms with E-state index in [0.717, 1.165) is 14.2 Å². The van der Waals surface area contributed by atoms with Crippen LogP contribution in [0.1, 0.15) is 0 Å². The average Bonchev–Trinajstić information content (AvgIpc) is 1.86. The van der Waals surface area contributed by atoms with Gasteiger partial charge in [0.1, 0.15) is 0 Å². The zero-order chi connectivity index (χ0) is 9.12. The van der Waals surface area contributed by atoms with Crippen molar-refractivity contribution >= 4 is 15.6 Å². The summed E-state index contributed by atoms with van der Waals surface area (Å²) in [4.78, 5) is 20.6. The molecule has 0 aromatic rings. The first kappa shape index (κ1) is 11.3. The Kier molecular flexibility index (Phi) is 3.87. The van der Waals surface area contributed by atoms with E-state index in [0.29, 0.717) is 0 Å². The molecule has 9 heteroatoms. The van der Waals surface area contributed by atoms with Gasteiger partial charge in [-0.1, -0.05) is 0 Å². The third kappa shape index (κ3) is 4.66. The highest BCUT2D eigenvalue weighted by molar-refractivity contribution is 7.59. The Balaban J connectivity index is 4.26. The van der Waals surface area contributed by atoms with Crippen molar-refractivity contribution in [1.29, 1.82) is 0 Å². The van der Waals surface area contributed by atoms with Gasteiger partial charge in [-0.2, -0.15) is 0 Å². The Morgan fingerprint density at radius 1 is 1.00 bits per heavy atom. The molecule has 0 aromatic carbocycles. The maximum absolute atomic E-state index is 10.3. The SMILES string of the molecule is COP(=O)([O-])OP(=O)([O-])OC. The summed E-state index contributed by atoms with van der Waals surface area (Å²) in [6, 6.07) is 0. The van der Waals surface area contributed by atoms with Crippen LogP contribution < -0.4 is 9.79 Å². The van der Waals surface area contributed by atoms with Crippen LogP contribution in [0.4, 0.5) is 0 Å². The second kappa shape index (κ2) is 3.78. The minimum absolute atomic E-state index is 0.767. The monoisotopic (exact) mass is 204 g/mol. The van der Waals surface area contributed by atoms with Gasteiger partial charge in [0, 0.05) is 14.2 Å². The Bertz CT molecular complexity index is 188. The zero-order valence-electron chi connectivity index (χ0n) is 5.75. The van der Waals surface area contributed by atoms with E-state index in [4.69, 9.17) is 0 Å². The molecule has 68 valence electrons. The maximum atomic E-state index is 10.3. The van der Waals surface area contributed by atoms with Crippen LogP contribution in [-0.2, 0) is 22.5 Å². The van der Waals surface area contributed by atoms with E-state index in [9.17, 15) is 18.9 Å². The molecule has 0 aliphatic rings. The van der Waals surface area contributed by atoms with Crippen molar-refractivity contribution in [2.75, 3.05) is 14.2 Å². The molecule has 2 atom stereocenters. The van der Waals surface area contributed by atoms with E-state index in [1.807, 2.05) is 0 Å². The van der Waals surface area contributed by atoms with E-state index in [1.165, 1.54) is 0 Å². The highest BCUT2D eigenvalue weighted by atomic mass is 31.3. The topological polar surface area (TPSA) is 108 Å². The van der Waals surface area contributed by atoms with Crippen LogP contribution in [0.15, 0.2) is 0 Å². The molecule has 7 nitrogen and oxygen atoms in total. The van der Waals surface area contributed by atoms with Crippen molar-refractivity contribution in [3.8, 4) is 0 Å². The number of hydrogen-bond donors (Lipinski definition) is 0. The molecule has 0 amide bonds. The predicted octanol–water partition coefficient (Wildman–Crippen LogP) is -0.767. The summed E-state index contributed by atoms with van der Waals surface area (Å²) in [5.74, 6) is 0. The first-order valence-corrected chi connectivity index (χ1v) is 5.20. The molecular formula is C2H6O7P2-2. The first-order valence-electron chi connectivity index (χ1n) is 2.28. The molecule has 0 aliphatic heterocycles. The van der Waals surface area contributed by atoms with Crippen LogP contribution in [0, 0.1) is 0 Å². The van der Waals surface area contributed by atoms with Gasteiger partial charge in [0.2, 0.25) is 0 Å². The molecule has 0 saturated heterocycles. The lowest BCUT2D eigenvalue weighted by molar-refractivity contribution is -0.241. The quantitative estimate of drug-likeness (QED) is 0.553. The maximum Gasteiger partial charge on any atom is 0.274 e.